The fraction of sp³-hybridized carbons (Fsp3) is 0.444. The van der Waals surface area contributed by atoms with Crippen molar-refractivity contribution in [3.8, 4) is 0 Å². The van der Waals surface area contributed by atoms with Gasteiger partial charge in [-0.1, -0.05) is 24.1 Å². The Kier molecular flexibility index (Phi) is 3.93. The van der Waals surface area contributed by atoms with Crippen molar-refractivity contribution in [3.63, 3.8) is 0 Å². The van der Waals surface area contributed by atoms with Crippen LogP contribution in [0.2, 0.25) is 0 Å². The van der Waals surface area contributed by atoms with E-state index in [0.29, 0.717) is 0 Å². The van der Waals surface area contributed by atoms with Crippen molar-refractivity contribution in [1.82, 2.24) is 0 Å². The van der Waals surface area contributed by atoms with Crippen molar-refractivity contribution in [2.24, 2.45) is 0 Å². The summed E-state index contributed by atoms with van der Waals surface area (Å²) in [6, 6.07) is 0. The molecule has 0 bridgehead atoms. The molecule has 0 atom stereocenters. The molecule has 0 unspecified atom stereocenters. The zero-order chi connectivity index (χ0) is 7.02. The van der Waals surface area contributed by atoms with E-state index in [1.54, 1.807) is 0 Å². The summed E-state index contributed by atoms with van der Waals surface area (Å²) in [6.07, 6.45) is 2.24. The van der Waals surface area contributed by atoms with Crippen molar-refractivity contribution >= 4 is 29.6 Å². The molecule has 0 heterocycles. The third-order valence-corrected chi connectivity index (χ3v) is 2.18. The van der Waals surface area contributed by atoms with Gasteiger partial charge in [-0.05, 0) is 26.3 Å². The fourth-order valence-electron chi connectivity index (χ4n) is 1.13. The summed E-state index contributed by atoms with van der Waals surface area (Å²) in [5.41, 5.74) is 4.32. The number of allylic oxidation sites excluding steroid dienone is 4. The first-order chi connectivity index (χ1) is 4.13. The van der Waals surface area contributed by atoms with Crippen LogP contribution in [0, 0.1) is 5.92 Å². The molecule has 1 heteroatoms. The van der Waals surface area contributed by atoms with Gasteiger partial charge in [0.25, 0.3) is 0 Å². The van der Waals surface area contributed by atoms with Gasteiger partial charge in [0, 0.05) is 5.92 Å². The van der Waals surface area contributed by atoms with Gasteiger partial charge in [-0.3, -0.25) is 0 Å². The van der Waals surface area contributed by atoms with E-state index < -0.39 is 0 Å². The molecule has 1 rings (SSSR count). The zero-order valence-corrected chi connectivity index (χ0v) is 6.58. The van der Waals surface area contributed by atoms with Crippen molar-refractivity contribution in [2.45, 2.75) is 27.7 Å². The van der Waals surface area contributed by atoms with E-state index in [2.05, 4.69) is 33.8 Å². The normalized spacial score (nSPS) is 19.0. The Morgan fingerprint density at radius 1 is 0.900 bits per heavy atom. The standard InChI is InChI=1S/C9H13.Na.H/c1-6-5-7(2)9(4)8(6)3;;/h5H,1-4H3;;. The molecule has 10 heavy (non-hydrogen) atoms. The van der Waals surface area contributed by atoms with Gasteiger partial charge in [-0.25, -0.2) is 0 Å². The summed E-state index contributed by atoms with van der Waals surface area (Å²) in [4.78, 5) is 0. The Labute approximate surface area is 85.7 Å². The molecule has 1 radical (unpaired) electrons. The predicted molar refractivity (Wildman–Crippen MR) is 48.2 cm³/mol. The van der Waals surface area contributed by atoms with Gasteiger partial charge in [0.2, 0.25) is 0 Å². The van der Waals surface area contributed by atoms with Crippen LogP contribution in [0.4, 0.5) is 0 Å². The molecule has 0 N–H and O–H groups in total. The summed E-state index contributed by atoms with van der Waals surface area (Å²) >= 11 is 0. The van der Waals surface area contributed by atoms with Crippen molar-refractivity contribution in [1.29, 1.82) is 0 Å². The molecular weight excluding hydrogens is 131 g/mol. The first kappa shape index (κ1) is 10.5. The summed E-state index contributed by atoms with van der Waals surface area (Å²) in [5.74, 6) is 1.42. The van der Waals surface area contributed by atoms with Crippen LogP contribution in [0.25, 0.3) is 0 Å². The molecule has 0 amide bonds. The third kappa shape index (κ3) is 1.75. The number of hydrogen-bond donors (Lipinski definition) is 0. The van der Waals surface area contributed by atoms with E-state index in [4.69, 9.17) is 0 Å². The van der Waals surface area contributed by atoms with Crippen LogP contribution >= 0.6 is 0 Å². The molecule has 0 aromatic rings. The molecule has 0 aromatic heterocycles. The quantitative estimate of drug-likeness (QED) is 0.458. The van der Waals surface area contributed by atoms with Crippen LogP contribution in [0.15, 0.2) is 22.8 Å². The minimum absolute atomic E-state index is 0. The topological polar surface area (TPSA) is 0 Å². The molecule has 0 saturated heterocycles. The van der Waals surface area contributed by atoms with Crippen LogP contribution in [0.5, 0.6) is 0 Å². The fourth-order valence-corrected chi connectivity index (χ4v) is 1.13. The molecule has 0 saturated carbocycles. The third-order valence-electron chi connectivity index (χ3n) is 2.18. The Hall–Kier alpha value is 0.480. The summed E-state index contributed by atoms with van der Waals surface area (Å²) < 4.78 is 0. The molecule has 0 fully saturated rings. The van der Waals surface area contributed by atoms with E-state index in [9.17, 15) is 0 Å². The Bertz CT molecular complexity index is 187. The second-order valence-corrected chi connectivity index (χ2v) is 2.76. The maximum absolute atomic E-state index is 2.24. The van der Waals surface area contributed by atoms with E-state index in [-0.39, 0.29) is 29.6 Å². The summed E-state index contributed by atoms with van der Waals surface area (Å²) in [5, 5.41) is 0. The number of rotatable bonds is 0. The van der Waals surface area contributed by atoms with E-state index in [1.165, 1.54) is 22.6 Å². The number of hydrogen-bond acceptors (Lipinski definition) is 0. The van der Waals surface area contributed by atoms with Gasteiger partial charge in [0.15, 0.2) is 0 Å². The first-order valence-corrected chi connectivity index (χ1v) is 3.33. The Morgan fingerprint density at radius 2 is 1.40 bits per heavy atom. The SMILES string of the molecule is C[C]1C=C(C)C(C)=C1C.[NaH]. The second-order valence-electron chi connectivity index (χ2n) is 2.76. The molecule has 0 aliphatic heterocycles. The zero-order valence-electron chi connectivity index (χ0n) is 6.58. The summed E-state index contributed by atoms with van der Waals surface area (Å²) in [6.45, 7) is 8.68. The van der Waals surface area contributed by atoms with Gasteiger partial charge in [-0.15, -0.1) is 0 Å². The molecule has 0 aromatic carbocycles. The van der Waals surface area contributed by atoms with Crippen LogP contribution in [-0.2, 0) is 0 Å². The van der Waals surface area contributed by atoms with Crippen LogP contribution in [0.3, 0.4) is 0 Å². The molecule has 1 aliphatic carbocycles. The minimum atomic E-state index is 0. The second kappa shape index (κ2) is 3.75. The van der Waals surface area contributed by atoms with Gasteiger partial charge in [0.1, 0.15) is 0 Å². The van der Waals surface area contributed by atoms with Crippen LogP contribution < -0.4 is 0 Å². The maximum atomic E-state index is 2.24. The molecule has 0 spiro atoms. The molecule has 0 nitrogen and oxygen atoms in total. The Morgan fingerprint density at radius 3 is 1.50 bits per heavy atom. The van der Waals surface area contributed by atoms with Crippen molar-refractivity contribution in [2.75, 3.05) is 0 Å². The van der Waals surface area contributed by atoms with E-state index in [0.717, 1.165) is 0 Å². The van der Waals surface area contributed by atoms with Crippen LogP contribution in [0.1, 0.15) is 27.7 Å². The monoisotopic (exact) mass is 145 g/mol. The molecular formula is C9H14Na. The van der Waals surface area contributed by atoms with Crippen molar-refractivity contribution < 1.29 is 0 Å². The predicted octanol–water partition coefficient (Wildman–Crippen LogP) is 2.23. The van der Waals surface area contributed by atoms with Gasteiger partial charge >= 0.3 is 29.6 Å². The van der Waals surface area contributed by atoms with E-state index >= 15 is 0 Å². The average molecular weight is 145 g/mol. The van der Waals surface area contributed by atoms with Gasteiger partial charge in [-0.2, -0.15) is 0 Å². The van der Waals surface area contributed by atoms with Crippen LogP contribution in [-0.4, -0.2) is 29.6 Å². The average Bonchev–Trinajstić information content (AvgIpc) is 1.98. The Balaban J connectivity index is 0.000000810. The molecule has 51 valence electrons. The van der Waals surface area contributed by atoms with Crippen molar-refractivity contribution in [3.05, 3.63) is 28.7 Å². The van der Waals surface area contributed by atoms with Gasteiger partial charge < -0.3 is 0 Å². The van der Waals surface area contributed by atoms with Gasteiger partial charge in [0.05, 0.1) is 0 Å². The first-order valence-electron chi connectivity index (χ1n) is 3.33. The molecule has 1 aliphatic rings. The van der Waals surface area contributed by atoms with E-state index in [1.807, 2.05) is 0 Å². The summed E-state index contributed by atoms with van der Waals surface area (Å²) in [7, 11) is 0.